The third-order valence-corrected chi connectivity index (χ3v) is 4.34. The van der Waals surface area contributed by atoms with Gasteiger partial charge in [-0.3, -0.25) is 14.9 Å². The average Bonchev–Trinajstić information content (AvgIpc) is 2.55. The molecule has 0 aromatic heterocycles. The number of imide groups is 1. The monoisotopic (exact) mass is 282 g/mol. The van der Waals surface area contributed by atoms with Crippen LogP contribution in [0.4, 0.5) is 4.79 Å². The number of piperazine rings is 1. The summed E-state index contributed by atoms with van der Waals surface area (Å²) in [6.45, 7) is 8.59. The van der Waals surface area contributed by atoms with Crippen LogP contribution in [0.15, 0.2) is 0 Å². The minimum atomic E-state index is -0.977. The van der Waals surface area contributed by atoms with E-state index in [0.717, 1.165) is 6.54 Å². The Morgan fingerprint density at radius 1 is 1.35 bits per heavy atom. The van der Waals surface area contributed by atoms with E-state index in [4.69, 9.17) is 0 Å². The third-order valence-electron chi connectivity index (χ3n) is 4.34. The van der Waals surface area contributed by atoms with Crippen molar-refractivity contribution in [3.8, 4) is 0 Å². The summed E-state index contributed by atoms with van der Waals surface area (Å²) in [5.41, 5.74) is -0.977. The smallest absolute Gasteiger partial charge is 0.325 e. The predicted octanol–water partition coefficient (Wildman–Crippen LogP) is -0.474. The van der Waals surface area contributed by atoms with Gasteiger partial charge in [-0.25, -0.2) is 4.79 Å². The molecule has 2 fully saturated rings. The summed E-state index contributed by atoms with van der Waals surface area (Å²) in [6, 6.07) is -0.209. The van der Waals surface area contributed by atoms with E-state index in [9.17, 15) is 14.4 Å². The van der Waals surface area contributed by atoms with Crippen molar-refractivity contribution >= 4 is 17.8 Å². The molecule has 7 nitrogen and oxygen atoms in total. The van der Waals surface area contributed by atoms with Gasteiger partial charge < -0.3 is 15.1 Å². The van der Waals surface area contributed by atoms with Crippen molar-refractivity contribution in [2.75, 3.05) is 19.6 Å². The Balaban J connectivity index is 2.08. The van der Waals surface area contributed by atoms with Gasteiger partial charge in [0, 0.05) is 25.2 Å². The number of nitrogens with zero attached hydrogens (tertiary/aromatic N) is 2. The lowest BCUT2D eigenvalue weighted by Crippen LogP contribution is -2.59. The highest BCUT2D eigenvalue weighted by atomic mass is 16.2. The number of rotatable bonds is 2. The molecule has 7 heteroatoms. The molecule has 112 valence electrons. The Kier molecular flexibility index (Phi) is 3.73. The second kappa shape index (κ2) is 5.05. The Morgan fingerprint density at radius 2 is 2.00 bits per heavy atom. The van der Waals surface area contributed by atoms with E-state index in [-0.39, 0.29) is 30.4 Å². The van der Waals surface area contributed by atoms with Crippen LogP contribution >= 0.6 is 0 Å². The number of hydrogen-bond donors (Lipinski definition) is 2. The lowest BCUT2D eigenvalue weighted by Gasteiger charge is -2.40. The van der Waals surface area contributed by atoms with Crippen LogP contribution in [0.25, 0.3) is 0 Å². The molecule has 0 bridgehead atoms. The number of urea groups is 1. The van der Waals surface area contributed by atoms with Crippen LogP contribution in [0.3, 0.4) is 0 Å². The first kappa shape index (κ1) is 14.8. The van der Waals surface area contributed by atoms with Crippen molar-refractivity contribution in [1.82, 2.24) is 20.4 Å². The van der Waals surface area contributed by atoms with Crippen molar-refractivity contribution in [2.45, 2.75) is 45.3 Å². The number of carbonyl (C=O) groups excluding carboxylic acids is 3. The predicted molar refractivity (Wildman–Crippen MR) is 73.0 cm³/mol. The molecule has 2 heterocycles. The largest absolute Gasteiger partial charge is 0.336 e. The standard InChI is InChI=1S/C13H22N4O3/c1-8-9(2)16(6-5-14-8)10(18)7-17-12(20)15-11(19)13(17,3)4/h8-9,14H,5-7H2,1-4H3,(H,15,19,20). The van der Waals surface area contributed by atoms with Gasteiger partial charge in [0.05, 0.1) is 0 Å². The van der Waals surface area contributed by atoms with Crippen LogP contribution < -0.4 is 10.6 Å². The molecule has 0 aromatic carbocycles. The average molecular weight is 282 g/mol. The lowest BCUT2D eigenvalue weighted by molar-refractivity contribution is -0.137. The topological polar surface area (TPSA) is 81.8 Å². The number of nitrogens with one attached hydrogen (secondary N) is 2. The van der Waals surface area contributed by atoms with Crippen molar-refractivity contribution < 1.29 is 14.4 Å². The van der Waals surface area contributed by atoms with Gasteiger partial charge in [-0.2, -0.15) is 0 Å². The summed E-state index contributed by atoms with van der Waals surface area (Å²) in [5, 5.41) is 5.55. The van der Waals surface area contributed by atoms with Gasteiger partial charge in [0.1, 0.15) is 12.1 Å². The lowest BCUT2D eigenvalue weighted by atomic mass is 10.0. The molecule has 0 radical (unpaired) electrons. The molecule has 4 amide bonds. The molecule has 20 heavy (non-hydrogen) atoms. The van der Waals surface area contributed by atoms with E-state index in [0.29, 0.717) is 6.54 Å². The first-order valence-corrected chi connectivity index (χ1v) is 6.91. The molecule has 2 N–H and O–H groups in total. The van der Waals surface area contributed by atoms with E-state index in [1.807, 2.05) is 13.8 Å². The first-order valence-electron chi connectivity index (χ1n) is 6.91. The van der Waals surface area contributed by atoms with Crippen molar-refractivity contribution in [3.05, 3.63) is 0 Å². The maximum atomic E-state index is 12.4. The molecule has 0 aliphatic carbocycles. The zero-order valence-electron chi connectivity index (χ0n) is 12.4. The Hall–Kier alpha value is -1.63. The van der Waals surface area contributed by atoms with Crippen molar-refractivity contribution in [2.24, 2.45) is 0 Å². The Morgan fingerprint density at radius 3 is 2.55 bits per heavy atom. The number of amides is 4. The quantitative estimate of drug-likeness (QED) is 0.671. The van der Waals surface area contributed by atoms with Gasteiger partial charge in [0.2, 0.25) is 5.91 Å². The van der Waals surface area contributed by atoms with E-state index >= 15 is 0 Å². The molecular weight excluding hydrogens is 260 g/mol. The van der Waals surface area contributed by atoms with Gasteiger partial charge >= 0.3 is 6.03 Å². The van der Waals surface area contributed by atoms with Gasteiger partial charge in [-0.15, -0.1) is 0 Å². The zero-order chi connectivity index (χ0) is 15.1. The van der Waals surface area contributed by atoms with Gasteiger partial charge in [0.15, 0.2) is 0 Å². The molecule has 2 unspecified atom stereocenters. The van der Waals surface area contributed by atoms with Crippen LogP contribution in [0, 0.1) is 0 Å². The number of carbonyl (C=O) groups is 3. The molecular formula is C13H22N4O3. The highest BCUT2D eigenvalue weighted by Gasteiger charge is 2.47. The summed E-state index contributed by atoms with van der Waals surface area (Å²) >= 11 is 0. The fourth-order valence-corrected chi connectivity index (χ4v) is 2.60. The molecule has 2 atom stereocenters. The van der Waals surface area contributed by atoms with Crippen LogP contribution in [-0.4, -0.2) is 64.9 Å². The molecule has 0 saturated carbocycles. The summed E-state index contributed by atoms with van der Waals surface area (Å²) in [5.74, 6) is -0.485. The number of hydrogen-bond acceptors (Lipinski definition) is 4. The Bertz CT molecular complexity index is 449. The first-order chi connectivity index (χ1) is 9.25. The Labute approximate surface area is 118 Å². The molecule has 2 aliphatic rings. The zero-order valence-corrected chi connectivity index (χ0v) is 12.4. The maximum Gasteiger partial charge on any atom is 0.325 e. The highest BCUT2D eigenvalue weighted by molar-refractivity contribution is 6.07. The summed E-state index contributed by atoms with van der Waals surface area (Å²) in [4.78, 5) is 38.9. The second-order valence-electron chi connectivity index (χ2n) is 5.97. The normalized spacial score (nSPS) is 29.6. The molecule has 0 spiro atoms. The van der Waals surface area contributed by atoms with Crippen LogP contribution in [-0.2, 0) is 9.59 Å². The van der Waals surface area contributed by atoms with E-state index in [1.54, 1.807) is 18.7 Å². The van der Waals surface area contributed by atoms with Crippen LogP contribution in [0.1, 0.15) is 27.7 Å². The van der Waals surface area contributed by atoms with Crippen molar-refractivity contribution in [1.29, 1.82) is 0 Å². The molecule has 0 aromatic rings. The van der Waals surface area contributed by atoms with E-state index < -0.39 is 11.6 Å². The molecule has 2 aliphatic heterocycles. The summed E-state index contributed by atoms with van der Waals surface area (Å²) < 4.78 is 0. The van der Waals surface area contributed by atoms with E-state index in [1.165, 1.54) is 4.90 Å². The van der Waals surface area contributed by atoms with Crippen molar-refractivity contribution in [3.63, 3.8) is 0 Å². The van der Waals surface area contributed by atoms with Gasteiger partial charge in [0.25, 0.3) is 5.91 Å². The summed E-state index contributed by atoms with van der Waals surface area (Å²) in [6.07, 6.45) is 0. The summed E-state index contributed by atoms with van der Waals surface area (Å²) in [7, 11) is 0. The maximum absolute atomic E-state index is 12.4. The molecule has 2 saturated heterocycles. The second-order valence-corrected chi connectivity index (χ2v) is 5.97. The van der Waals surface area contributed by atoms with Crippen LogP contribution in [0.2, 0.25) is 0 Å². The minimum absolute atomic E-state index is 0.0678. The fraction of sp³-hybridized carbons (Fsp3) is 0.769. The van der Waals surface area contributed by atoms with E-state index in [2.05, 4.69) is 10.6 Å². The highest BCUT2D eigenvalue weighted by Crippen LogP contribution is 2.21. The van der Waals surface area contributed by atoms with Crippen LogP contribution in [0.5, 0.6) is 0 Å². The SMILES string of the molecule is CC1NCCN(C(=O)CN2C(=O)NC(=O)C2(C)C)C1C. The van der Waals surface area contributed by atoms with Gasteiger partial charge in [-0.1, -0.05) is 0 Å². The fourth-order valence-electron chi connectivity index (χ4n) is 2.60. The minimum Gasteiger partial charge on any atom is -0.336 e. The molecule has 2 rings (SSSR count). The third kappa shape index (κ3) is 2.37. The van der Waals surface area contributed by atoms with Gasteiger partial charge in [-0.05, 0) is 27.7 Å².